The van der Waals surface area contributed by atoms with Crippen LogP contribution in [0, 0.1) is 5.92 Å². The summed E-state index contributed by atoms with van der Waals surface area (Å²) >= 11 is 0. The first kappa shape index (κ1) is 13.6. The normalized spacial score (nSPS) is 29.4. The van der Waals surface area contributed by atoms with E-state index in [4.69, 9.17) is 9.47 Å². The topological polar surface area (TPSA) is 38.7 Å². The average Bonchev–Trinajstić information content (AvgIpc) is 2.82. The van der Waals surface area contributed by atoms with Crippen molar-refractivity contribution < 1.29 is 14.6 Å². The van der Waals surface area contributed by atoms with E-state index in [9.17, 15) is 5.11 Å². The third-order valence-electron chi connectivity index (χ3n) is 4.03. The highest BCUT2D eigenvalue weighted by molar-refractivity contribution is 5.75. The van der Waals surface area contributed by atoms with Crippen LogP contribution in [0.25, 0.3) is 5.57 Å². The number of aliphatic hydroxyl groups excluding tert-OH is 1. The van der Waals surface area contributed by atoms with Crippen LogP contribution in [0.2, 0.25) is 0 Å². The molecule has 0 aromatic heterocycles. The second kappa shape index (κ2) is 5.92. The van der Waals surface area contributed by atoms with Gasteiger partial charge in [-0.15, -0.1) is 6.58 Å². The quantitative estimate of drug-likeness (QED) is 0.857. The summed E-state index contributed by atoms with van der Waals surface area (Å²) in [6.07, 6.45) is 2.68. The van der Waals surface area contributed by atoms with Crippen LogP contribution in [0.5, 0.6) is 0 Å². The Morgan fingerprint density at radius 2 is 2.15 bits per heavy atom. The van der Waals surface area contributed by atoms with Crippen molar-refractivity contribution in [3.63, 3.8) is 0 Å². The molecule has 1 N–H and O–H groups in total. The Labute approximate surface area is 119 Å². The Kier molecular flexibility index (Phi) is 4.01. The minimum absolute atomic E-state index is 0.348. The zero-order chi connectivity index (χ0) is 13.9. The van der Waals surface area contributed by atoms with E-state index >= 15 is 0 Å². The highest BCUT2D eigenvalue weighted by atomic mass is 16.7. The minimum Gasteiger partial charge on any atom is -0.388 e. The Bertz CT molecular complexity index is 506. The van der Waals surface area contributed by atoms with E-state index in [1.54, 1.807) is 6.08 Å². The van der Waals surface area contributed by atoms with Gasteiger partial charge in [0.1, 0.15) is 0 Å². The molecule has 0 radical (unpaired) electrons. The molecule has 3 nitrogen and oxygen atoms in total. The van der Waals surface area contributed by atoms with Gasteiger partial charge in [0.15, 0.2) is 6.29 Å². The van der Waals surface area contributed by atoms with E-state index in [0.717, 1.165) is 29.6 Å². The molecule has 0 saturated carbocycles. The van der Waals surface area contributed by atoms with Crippen molar-refractivity contribution in [2.24, 2.45) is 5.92 Å². The maximum atomic E-state index is 10.4. The van der Waals surface area contributed by atoms with Crippen molar-refractivity contribution in [2.75, 3.05) is 13.2 Å². The summed E-state index contributed by atoms with van der Waals surface area (Å²) in [5, 5.41) is 10.4. The first-order valence-corrected chi connectivity index (χ1v) is 7.12. The highest BCUT2D eigenvalue weighted by Gasteiger charge is 2.40. The molecule has 1 aromatic rings. The van der Waals surface area contributed by atoms with Crippen molar-refractivity contribution >= 4 is 5.57 Å². The fraction of sp³-hybridized carbons (Fsp3) is 0.412. The predicted molar refractivity (Wildman–Crippen MR) is 78.0 cm³/mol. The first-order chi connectivity index (χ1) is 9.81. The maximum absolute atomic E-state index is 10.4. The van der Waals surface area contributed by atoms with Gasteiger partial charge in [-0.1, -0.05) is 36.4 Å². The Morgan fingerprint density at radius 1 is 1.35 bits per heavy atom. The molecule has 1 aromatic carbocycles. The first-order valence-electron chi connectivity index (χ1n) is 7.12. The summed E-state index contributed by atoms with van der Waals surface area (Å²) in [5.74, 6) is 0.365. The number of rotatable bonds is 4. The molecule has 1 aliphatic heterocycles. The molecular formula is C17H20O3. The minimum atomic E-state index is -0.422. The van der Waals surface area contributed by atoms with Crippen molar-refractivity contribution in [3.05, 3.63) is 54.1 Å². The molecule has 106 valence electrons. The van der Waals surface area contributed by atoms with Gasteiger partial charge in [-0.25, -0.2) is 0 Å². The molecule has 1 heterocycles. The molecule has 3 atom stereocenters. The smallest absolute Gasteiger partial charge is 0.181 e. The van der Waals surface area contributed by atoms with Gasteiger partial charge < -0.3 is 14.6 Å². The fourth-order valence-corrected chi connectivity index (χ4v) is 3.20. The second-order valence-electron chi connectivity index (χ2n) is 5.30. The van der Waals surface area contributed by atoms with Crippen LogP contribution in [0.15, 0.2) is 48.6 Å². The number of fused-ring (bicyclic) bond motifs is 1. The lowest BCUT2D eigenvalue weighted by atomic mass is 9.93. The summed E-state index contributed by atoms with van der Waals surface area (Å²) in [6, 6.07) is 10.0. The van der Waals surface area contributed by atoms with Gasteiger partial charge in [0, 0.05) is 0 Å². The summed E-state index contributed by atoms with van der Waals surface area (Å²) in [4.78, 5) is 0. The van der Waals surface area contributed by atoms with E-state index in [0.29, 0.717) is 19.1 Å². The van der Waals surface area contributed by atoms with Crippen molar-refractivity contribution in [2.45, 2.75) is 25.2 Å². The van der Waals surface area contributed by atoms with E-state index in [1.165, 1.54) is 0 Å². The molecule has 0 bridgehead atoms. The van der Waals surface area contributed by atoms with Crippen molar-refractivity contribution in [1.82, 2.24) is 0 Å². The lowest BCUT2D eigenvalue weighted by Crippen LogP contribution is -2.30. The number of ether oxygens (including phenoxy) is 2. The molecule has 0 unspecified atom stereocenters. The van der Waals surface area contributed by atoms with Gasteiger partial charge in [-0.2, -0.15) is 0 Å². The van der Waals surface area contributed by atoms with Crippen LogP contribution >= 0.6 is 0 Å². The molecule has 1 saturated heterocycles. The molecule has 20 heavy (non-hydrogen) atoms. The number of aliphatic hydroxyl groups is 1. The van der Waals surface area contributed by atoms with E-state index in [-0.39, 0.29) is 6.29 Å². The van der Waals surface area contributed by atoms with Gasteiger partial charge in [0.05, 0.1) is 19.3 Å². The standard InChI is InChI=1S/C17H20O3/c1-2-9-19-17-16-13(8-10-20-17)11-14(18)15(16)12-6-4-3-5-7-12/h2-7,13-14,17-18H,1,8-11H2/t13-,14+,17+/m0/s1. The van der Waals surface area contributed by atoms with Crippen LogP contribution in [0.1, 0.15) is 18.4 Å². The molecule has 0 amide bonds. The molecule has 1 aliphatic carbocycles. The Morgan fingerprint density at radius 3 is 2.90 bits per heavy atom. The Hall–Kier alpha value is -1.42. The largest absolute Gasteiger partial charge is 0.388 e. The Balaban J connectivity index is 1.99. The lowest BCUT2D eigenvalue weighted by Gasteiger charge is -2.30. The number of hydrogen-bond acceptors (Lipinski definition) is 3. The van der Waals surface area contributed by atoms with E-state index in [2.05, 4.69) is 6.58 Å². The molecule has 2 aliphatic rings. The molecule has 1 fully saturated rings. The van der Waals surface area contributed by atoms with Crippen LogP contribution in [0.4, 0.5) is 0 Å². The zero-order valence-electron chi connectivity index (χ0n) is 11.5. The maximum Gasteiger partial charge on any atom is 0.181 e. The van der Waals surface area contributed by atoms with Crippen LogP contribution in [-0.4, -0.2) is 30.7 Å². The number of hydrogen-bond donors (Lipinski definition) is 1. The van der Waals surface area contributed by atoms with Crippen molar-refractivity contribution in [1.29, 1.82) is 0 Å². The summed E-state index contributed by atoms with van der Waals surface area (Å²) in [5.41, 5.74) is 3.18. The number of benzene rings is 1. The molecule has 3 rings (SSSR count). The van der Waals surface area contributed by atoms with Gasteiger partial charge in [0.2, 0.25) is 0 Å². The third kappa shape index (κ3) is 2.44. The molecular weight excluding hydrogens is 252 g/mol. The zero-order valence-corrected chi connectivity index (χ0v) is 11.5. The lowest BCUT2D eigenvalue weighted by molar-refractivity contribution is -0.131. The third-order valence-corrected chi connectivity index (χ3v) is 4.03. The monoisotopic (exact) mass is 272 g/mol. The second-order valence-corrected chi connectivity index (χ2v) is 5.30. The van der Waals surface area contributed by atoms with E-state index in [1.807, 2.05) is 30.3 Å². The van der Waals surface area contributed by atoms with Crippen LogP contribution in [0.3, 0.4) is 0 Å². The van der Waals surface area contributed by atoms with Crippen molar-refractivity contribution in [3.8, 4) is 0 Å². The summed E-state index contributed by atoms with van der Waals surface area (Å²) in [7, 11) is 0. The summed E-state index contributed by atoms with van der Waals surface area (Å²) < 4.78 is 11.5. The SMILES string of the molecule is C=CCO[C@@H]1OCC[C@H]2C[C@@H](O)C(c3ccccc3)=C21. The average molecular weight is 272 g/mol. The van der Waals surface area contributed by atoms with Gasteiger partial charge in [-0.05, 0) is 35.5 Å². The van der Waals surface area contributed by atoms with Crippen LogP contribution < -0.4 is 0 Å². The van der Waals surface area contributed by atoms with Crippen LogP contribution in [-0.2, 0) is 9.47 Å². The highest BCUT2D eigenvalue weighted by Crippen LogP contribution is 2.44. The summed E-state index contributed by atoms with van der Waals surface area (Å²) in [6.45, 7) is 4.82. The van der Waals surface area contributed by atoms with E-state index < -0.39 is 6.10 Å². The van der Waals surface area contributed by atoms with Gasteiger partial charge in [0.25, 0.3) is 0 Å². The molecule has 0 spiro atoms. The fourth-order valence-electron chi connectivity index (χ4n) is 3.20. The van der Waals surface area contributed by atoms with Gasteiger partial charge >= 0.3 is 0 Å². The van der Waals surface area contributed by atoms with Gasteiger partial charge in [-0.3, -0.25) is 0 Å². The molecule has 3 heteroatoms. The predicted octanol–water partition coefficient (Wildman–Crippen LogP) is 2.77.